The number of aromatic nitrogens is 3. The van der Waals surface area contributed by atoms with Gasteiger partial charge in [-0.1, -0.05) is 12.1 Å². The molecule has 3 heterocycles. The predicted octanol–water partition coefficient (Wildman–Crippen LogP) is 3.10. The molecular formula is C21H24N6. The maximum atomic E-state index is 9.04. The zero-order valence-corrected chi connectivity index (χ0v) is 15.8. The Morgan fingerprint density at radius 2 is 2.11 bits per heavy atom. The second-order valence-electron chi connectivity index (χ2n) is 7.10. The van der Waals surface area contributed by atoms with E-state index in [0.717, 1.165) is 42.2 Å². The molecule has 6 heteroatoms. The summed E-state index contributed by atoms with van der Waals surface area (Å²) in [5.41, 5.74) is 3.62. The lowest BCUT2D eigenvalue weighted by atomic mass is 10.1. The molecule has 6 nitrogen and oxygen atoms in total. The Hall–Kier alpha value is -2.91. The molecule has 138 valence electrons. The van der Waals surface area contributed by atoms with Gasteiger partial charge in [0.15, 0.2) is 0 Å². The zero-order chi connectivity index (χ0) is 18.8. The largest absolute Gasteiger partial charge is 0.341 e. The van der Waals surface area contributed by atoms with Crippen molar-refractivity contribution in [3.63, 3.8) is 0 Å². The first kappa shape index (κ1) is 17.5. The fourth-order valence-electron chi connectivity index (χ4n) is 3.88. The van der Waals surface area contributed by atoms with E-state index in [1.54, 1.807) is 6.20 Å². The van der Waals surface area contributed by atoms with Crippen LogP contribution in [0.25, 0.3) is 11.0 Å². The summed E-state index contributed by atoms with van der Waals surface area (Å²) in [4.78, 5) is 11.9. The van der Waals surface area contributed by atoms with Gasteiger partial charge in [0.05, 0.1) is 28.3 Å². The molecule has 2 aromatic heterocycles. The molecule has 27 heavy (non-hydrogen) atoms. The first-order valence-corrected chi connectivity index (χ1v) is 9.46. The van der Waals surface area contributed by atoms with E-state index in [4.69, 9.17) is 10.2 Å². The highest BCUT2D eigenvalue weighted by Crippen LogP contribution is 2.31. The van der Waals surface area contributed by atoms with Crippen molar-refractivity contribution >= 4 is 17.0 Å². The number of anilines is 1. The van der Waals surface area contributed by atoms with E-state index in [-0.39, 0.29) is 6.04 Å². The highest BCUT2D eigenvalue weighted by atomic mass is 15.3. The van der Waals surface area contributed by atoms with Crippen molar-refractivity contribution in [3.05, 3.63) is 53.9 Å². The van der Waals surface area contributed by atoms with Crippen LogP contribution >= 0.6 is 0 Å². The van der Waals surface area contributed by atoms with Crippen molar-refractivity contribution in [2.45, 2.75) is 31.8 Å². The van der Waals surface area contributed by atoms with Gasteiger partial charge in [0.2, 0.25) is 5.95 Å². The van der Waals surface area contributed by atoms with Gasteiger partial charge in [-0.3, -0.25) is 4.98 Å². The molecule has 4 rings (SSSR count). The van der Waals surface area contributed by atoms with Gasteiger partial charge in [-0.2, -0.15) is 5.26 Å². The molecule has 0 spiro atoms. The molecule has 1 aliphatic rings. The van der Waals surface area contributed by atoms with Crippen LogP contribution in [0.2, 0.25) is 0 Å². The molecular weight excluding hydrogens is 336 g/mol. The van der Waals surface area contributed by atoms with Gasteiger partial charge in [-0.05, 0) is 51.1 Å². The van der Waals surface area contributed by atoms with E-state index in [0.29, 0.717) is 11.6 Å². The minimum atomic E-state index is 0.0232. The third-order valence-electron chi connectivity index (χ3n) is 5.42. The second kappa shape index (κ2) is 7.37. The van der Waals surface area contributed by atoms with E-state index < -0.39 is 0 Å². The summed E-state index contributed by atoms with van der Waals surface area (Å²) in [6.45, 7) is 4.11. The topological polar surface area (TPSA) is 69.8 Å². The quantitative estimate of drug-likeness (QED) is 0.774. The Morgan fingerprint density at radius 1 is 1.26 bits per heavy atom. The summed E-state index contributed by atoms with van der Waals surface area (Å²) in [5.74, 6) is 0.995. The molecule has 1 aromatic carbocycles. The number of rotatable bonds is 4. The highest BCUT2D eigenvalue weighted by molar-refractivity contribution is 5.79. The highest BCUT2D eigenvalue weighted by Gasteiger charge is 2.26. The number of fused-ring (bicyclic) bond motifs is 1. The Kier molecular flexibility index (Phi) is 4.78. The number of nitrogens with zero attached hydrogens (tertiary/aromatic N) is 5. The molecule has 1 aliphatic heterocycles. The van der Waals surface area contributed by atoms with Crippen LogP contribution in [0.5, 0.6) is 0 Å². The van der Waals surface area contributed by atoms with E-state index in [2.05, 4.69) is 51.0 Å². The molecule has 0 saturated carbocycles. The Labute approximate surface area is 159 Å². The Bertz CT molecular complexity index is 968. The molecule has 1 saturated heterocycles. The fourth-order valence-corrected chi connectivity index (χ4v) is 3.88. The minimum Gasteiger partial charge on any atom is -0.341 e. The first-order chi connectivity index (χ1) is 13.2. The smallest absolute Gasteiger partial charge is 0.207 e. The monoisotopic (exact) mass is 360 g/mol. The van der Waals surface area contributed by atoms with Crippen LogP contribution in [0.15, 0.2) is 42.6 Å². The lowest BCUT2D eigenvalue weighted by Gasteiger charge is -2.34. The average molecular weight is 360 g/mol. The number of para-hydroxylation sites is 2. The van der Waals surface area contributed by atoms with Crippen LogP contribution in [-0.4, -0.2) is 40.7 Å². The third kappa shape index (κ3) is 3.26. The number of pyridine rings is 1. The van der Waals surface area contributed by atoms with Gasteiger partial charge in [0, 0.05) is 25.3 Å². The number of nitrogens with one attached hydrogen (secondary N) is 1. The third-order valence-corrected chi connectivity index (χ3v) is 5.42. The number of hydrogen-bond donors (Lipinski definition) is 1. The number of likely N-dealkylation sites (N-methyl/N-ethyl adjacent to an activating group) is 1. The van der Waals surface area contributed by atoms with E-state index in [1.165, 1.54) is 6.42 Å². The van der Waals surface area contributed by atoms with Crippen LogP contribution in [-0.2, 0) is 0 Å². The normalized spacial score (nSPS) is 18.4. The molecule has 0 aliphatic carbocycles. The van der Waals surface area contributed by atoms with Crippen molar-refractivity contribution in [1.29, 1.82) is 5.26 Å². The number of benzene rings is 1. The first-order valence-electron chi connectivity index (χ1n) is 9.46. The summed E-state index contributed by atoms with van der Waals surface area (Å²) >= 11 is 0. The molecule has 3 aromatic rings. The van der Waals surface area contributed by atoms with E-state index >= 15 is 0 Å². The molecule has 0 radical (unpaired) electrons. The average Bonchev–Trinajstić information content (AvgIpc) is 3.13. The van der Waals surface area contributed by atoms with Crippen molar-refractivity contribution in [3.8, 4) is 6.07 Å². The number of hydrogen-bond acceptors (Lipinski definition) is 5. The van der Waals surface area contributed by atoms with E-state index in [9.17, 15) is 0 Å². The van der Waals surface area contributed by atoms with Gasteiger partial charge in [0.1, 0.15) is 6.07 Å². The van der Waals surface area contributed by atoms with Crippen LogP contribution in [0, 0.1) is 11.3 Å². The molecule has 1 fully saturated rings. The van der Waals surface area contributed by atoms with Crippen LogP contribution in [0.3, 0.4) is 0 Å². The minimum absolute atomic E-state index is 0.0232. The van der Waals surface area contributed by atoms with Gasteiger partial charge < -0.3 is 14.8 Å². The fraction of sp³-hybridized carbons (Fsp3) is 0.381. The van der Waals surface area contributed by atoms with Gasteiger partial charge in [-0.25, -0.2) is 4.98 Å². The van der Waals surface area contributed by atoms with Crippen LogP contribution < -0.4 is 10.2 Å². The SMILES string of the molecule is CN[C@H]1CCCN(c2nc3ccccc3n2[C@H](C)c2ccc(C#N)cn2)C1. The summed E-state index contributed by atoms with van der Waals surface area (Å²) in [5, 5.41) is 12.4. The van der Waals surface area contributed by atoms with Crippen LogP contribution in [0.1, 0.15) is 37.1 Å². The summed E-state index contributed by atoms with van der Waals surface area (Å²) in [6, 6.07) is 14.7. The van der Waals surface area contributed by atoms with Crippen LogP contribution in [0.4, 0.5) is 5.95 Å². The van der Waals surface area contributed by atoms with Crippen molar-refractivity contribution in [2.75, 3.05) is 25.0 Å². The Balaban J connectivity index is 1.79. The van der Waals surface area contributed by atoms with E-state index in [1.807, 2.05) is 25.2 Å². The zero-order valence-electron chi connectivity index (χ0n) is 15.8. The number of nitriles is 1. The van der Waals surface area contributed by atoms with Crippen molar-refractivity contribution in [1.82, 2.24) is 19.9 Å². The summed E-state index contributed by atoms with van der Waals surface area (Å²) in [7, 11) is 2.03. The summed E-state index contributed by atoms with van der Waals surface area (Å²) in [6.07, 6.45) is 3.99. The second-order valence-corrected chi connectivity index (χ2v) is 7.10. The maximum absolute atomic E-state index is 9.04. The molecule has 0 amide bonds. The van der Waals surface area contributed by atoms with Crippen molar-refractivity contribution in [2.24, 2.45) is 0 Å². The predicted molar refractivity (Wildman–Crippen MR) is 107 cm³/mol. The summed E-state index contributed by atoms with van der Waals surface area (Å²) < 4.78 is 2.28. The molecule has 2 atom stereocenters. The van der Waals surface area contributed by atoms with Gasteiger partial charge >= 0.3 is 0 Å². The Morgan fingerprint density at radius 3 is 2.85 bits per heavy atom. The lowest BCUT2D eigenvalue weighted by Crippen LogP contribution is -2.45. The molecule has 1 N–H and O–H groups in total. The number of piperidine rings is 1. The molecule has 0 bridgehead atoms. The van der Waals surface area contributed by atoms with Gasteiger partial charge in [-0.15, -0.1) is 0 Å². The van der Waals surface area contributed by atoms with Crippen molar-refractivity contribution < 1.29 is 0 Å². The lowest BCUT2D eigenvalue weighted by molar-refractivity contribution is 0.440. The standard InChI is InChI=1S/C21H24N6/c1-15(18-10-9-16(12-22)13-24-18)27-20-8-4-3-7-19(20)25-21(27)26-11-5-6-17(14-26)23-2/h3-4,7-10,13,15,17,23H,5-6,11,14H2,1-2H3/t15-,17+/m1/s1. The maximum Gasteiger partial charge on any atom is 0.207 e. The van der Waals surface area contributed by atoms with Gasteiger partial charge in [0.25, 0.3) is 0 Å². The molecule has 0 unspecified atom stereocenters. The number of imidazole rings is 1.